The van der Waals surface area contributed by atoms with Crippen molar-refractivity contribution in [2.75, 3.05) is 11.1 Å². The smallest absolute Gasteiger partial charge is 0.226 e. The number of aryl methyl sites for hydroxylation is 2. The highest BCUT2D eigenvalue weighted by Crippen LogP contribution is 2.17. The van der Waals surface area contributed by atoms with Crippen LogP contribution in [0.4, 0.5) is 15.8 Å². The molecule has 0 atom stereocenters. The van der Waals surface area contributed by atoms with Gasteiger partial charge in [-0.05, 0) is 25.1 Å². The number of nitrogens with zero attached hydrogens (tertiary/aromatic N) is 2. The van der Waals surface area contributed by atoms with Gasteiger partial charge in [0.05, 0.1) is 5.69 Å². The Morgan fingerprint density at radius 1 is 1.53 bits per heavy atom. The Balaban J connectivity index is 1.94. The number of nitrogens with one attached hydrogen (secondary N) is 1. The minimum Gasteiger partial charge on any atom is -0.399 e. The average Bonchev–Trinajstić information content (AvgIpc) is 2.77. The lowest BCUT2D eigenvalue weighted by Crippen LogP contribution is -2.15. The summed E-state index contributed by atoms with van der Waals surface area (Å²) in [5.74, 6) is 0.0712. The molecule has 0 aliphatic carbocycles. The summed E-state index contributed by atoms with van der Waals surface area (Å²) in [6.07, 6.45) is 3.71. The summed E-state index contributed by atoms with van der Waals surface area (Å²) in [5, 5.41) is 2.51. The standard InChI is InChI=1S/C13H15FN4O/c1-9-16-5-7-18(9)6-4-13(19)17-12-8-10(15)2-3-11(12)14/h2-3,5,7-8H,4,6,15H2,1H3,(H,17,19). The number of nitrogens with two attached hydrogens (primary N) is 1. The van der Waals surface area contributed by atoms with Gasteiger partial charge in [0.25, 0.3) is 0 Å². The molecule has 0 fully saturated rings. The molecule has 1 aromatic carbocycles. The first-order valence-electron chi connectivity index (χ1n) is 5.89. The normalized spacial score (nSPS) is 10.4. The van der Waals surface area contributed by atoms with Gasteiger partial charge in [0.15, 0.2) is 0 Å². The maximum absolute atomic E-state index is 13.4. The largest absolute Gasteiger partial charge is 0.399 e. The molecule has 0 unspecified atom stereocenters. The van der Waals surface area contributed by atoms with Crippen LogP contribution < -0.4 is 11.1 Å². The predicted octanol–water partition coefficient (Wildman–Crippen LogP) is 1.94. The molecule has 0 spiro atoms. The maximum atomic E-state index is 13.4. The van der Waals surface area contributed by atoms with Crippen LogP contribution in [0.3, 0.4) is 0 Å². The molecule has 0 bridgehead atoms. The van der Waals surface area contributed by atoms with Crippen LogP contribution in [-0.2, 0) is 11.3 Å². The van der Waals surface area contributed by atoms with Crippen molar-refractivity contribution in [3.8, 4) is 0 Å². The van der Waals surface area contributed by atoms with Gasteiger partial charge in [-0.25, -0.2) is 9.37 Å². The van der Waals surface area contributed by atoms with E-state index in [-0.39, 0.29) is 18.0 Å². The second-order valence-corrected chi connectivity index (χ2v) is 4.21. The van der Waals surface area contributed by atoms with Gasteiger partial charge in [-0.15, -0.1) is 0 Å². The topological polar surface area (TPSA) is 72.9 Å². The quantitative estimate of drug-likeness (QED) is 0.827. The molecule has 0 aliphatic rings. The minimum absolute atomic E-state index is 0.104. The van der Waals surface area contributed by atoms with Gasteiger partial charge in [0, 0.05) is 31.0 Å². The molecule has 0 radical (unpaired) electrons. The molecule has 0 saturated carbocycles. The zero-order chi connectivity index (χ0) is 13.8. The van der Waals surface area contributed by atoms with Crippen LogP contribution in [0.1, 0.15) is 12.2 Å². The molecule has 6 heteroatoms. The Bertz CT molecular complexity index is 594. The summed E-state index contributed by atoms with van der Waals surface area (Å²) in [4.78, 5) is 15.8. The van der Waals surface area contributed by atoms with Crippen LogP contribution in [0.15, 0.2) is 30.6 Å². The number of rotatable bonds is 4. The van der Waals surface area contributed by atoms with Gasteiger partial charge >= 0.3 is 0 Å². The van der Waals surface area contributed by atoms with Gasteiger partial charge in [-0.3, -0.25) is 4.79 Å². The number of anilines is 2. The van der Waals surface area contributed by atoms with Crippen molar-refractivity contribution in [1.29, 1.82) is 0 Å². The molecular weight excluding hydrogens is 247 g/mol. The molecule has 2 aromatic rings. The van der Waals surface area contributed by atoms with E-state index in [0.717, 1.165) is 5.82 Å². The number of hydrogen-bond donors (Lipinski definition) is 2. The number of benzene rings is 1. The Hall–Kier alpha value is -2.37. The summed E-state index contributed by atoms with van der Waals surface area (Å²) >= 11 is 0. The Morgan fingerprint density at radius 3 is 3.00 bits per heavy atom. The SMILES string of the molecule is Cc1nccn1CCC(=O)Nc1cc(N)ccc1F. The predicted molar refractivity (Wildman–Crippen MR) is 71.0 cm³/mol. The molecule has 0 aliphatic heterocycles. The van der Waals surface area contributed by atoms with Gasteiger partial charge in [-0.2, -0.15) is 0 Å². The van der Waals surface area contributed by atoms with Gasteiger partial charge in [0.2, 0.25) is 5.91 Å². The van der Waals surface area contributed by atoms with Crippen molar-refractivity contribution >= 4 is 17.3 Å². The van der Waals surface area contributed by atoms with Crippen LogP contribution >= 0.6 is 0 Å². The lowest BCUT2D eigenvalue weighted by Gasteiger charge is -2.08. The number of amides is 1. The van der Waals surface area contributed by atoms with E-state index in [1.54, 1.807) is 12.4 Å². The highest BCUT2D eigenvalue weighted by Gasteiger charge is 2.08. The second kappa shape index (κ2) is 5.51. The number of aromatic nitrogens is 2. The fourth-order valence-corrected chi connectivity index (χ4v) is 1.71. The highest BCUT2D eigenvalue weighted by atomic mass is 19.1. The van der Waals surface area contributed by atoms with E-state index in [9.17, 15) is 9.18 Å². The Kier molecular flexibility index (Phi) is 3.79. The van der Waals surface area contributed by atoms with Crippen molar-refractivity contribution < 1.29 is 9.18 Å². The summed E-state index contributed by atoms with van der Waals surface area (Å²) in [6.45, 7) is 2.36. The Morgan fingerprint density at radius 2 is 2.32 bits per heavy atom. The number of carbonyl (C=O) groups is 1. The highest BCUT2D eigenvalue weighted by molar-refractivity contribution is 5.91. The maximum Gasteiger partial charge on any atom is 0.226 e. The van der Waals surface area contributed by atoms with E-state index in [0.29, 0.717) is 12.2 Å². The van der Waals surface area contributed by atoms with Crippen LogP contribution in [0, 0.1) is 12.7 Å². The number of carbonyl (C=O) groups excluding carboxylic acids is 1. The van der Waals surface area contributed by atoms with E-state index in [4.69, 9.17) is 5.73 Å². The molecule has 1 heterocycles. The van der Waals surface area contributed by atoms with E-state index in [1.807, 2.05) is 11.5 Å². The van der Waals surface area contributed by atoms with E-state index in [1.165, 1.54) is 18.2 Å². The second-order valence-electron chi connectivity index (χ2n) is 4.21. The molecular formula is C13H15FN4O. The zero-order valence-electron chi connectivity index (χ0n) is 10.6. The first-order chi connectivity index (χ1) is 9.06. The van der Waals surface area contributed by atoms with E-state index in [2.05, 4.69) is 10.3 Å². The summed E-state index contributed by atoms with van der Waals surface area (Å²) in [5.41, 5.74) is 6.05. The third-order valence-corrected chi connectivity index (χ3v) is 2.77. The third-order valence-electron chi connectivity index (χ3n) is 2.77. The first-order valence-corrected chi connectivity index (χ1v) is 5.89. The van der Waals surface area contributed by atoms with E-state index < -0.39 is 5.82 Å². The van der Waals surface area contributed by atoms with Crippen molar-refractivity contribution in [3.63, 3.8) is 0 Å². The monoisotopic (exact) mass is 262 g/mol. The van der Waals surface area contributed by atoms with Crippen molar-refractivity contribution in [2.45, 2.75) is 19.9 Å². The molecule has 1 amide bonds. The molecule has 0 saturated heterocycles. The lowest BCUT2D eigenvalue weighted by molar-refractivity contribution is -0.116. The van der Waals surface area contributed by atoms with Crippen molar-refractivity contribution in [2.24, 2.45) is 0 Å². The van der Waals surface area contributed by atoms with Gasteiger partial charge < -0.3 is 15.6 Å². The minimum atomic E-state index is -0.499. The van der Waals surface area contributed by atoms with Gasteiger partial charge in [-0.1, -0.05) is 0 Å². The zero-order valence-corrected chi connectivity index (χ0v) is 10.6. The third kappa shape index (κ3) is 3.31. The number of imidazole rings is 1. The first kappa shape index (κ1) is 13.1. The number of nitrogen functional groups attached to an aromatic ring is 1. The fraction of sp³-hybridized carbons (Fsp3) is 0.231. The molecule has 1 aromatic heterocycles. The van der Waals surface area contributed by atoms with Crippen LogP contribution in [-0.4, -0.2) is 15.5 Å². The Labute approximate surface area is 110 Å². The van der Waals surface area contributed by atoms with Gasteiger partial charge in [0.1, 0.15) is 11.6 Å². The van der Waals surface area contributed by atoms with Crippen molar-refractivity contribution in [1.82, 2.24) is 9.55 Å². The molecule has 100 valence electrons. The van der Waals surface area contributed by atoms with Crippen LogP contribution in [0.25, 0.3) is 0 Å². The molecule has 3 N–H and O–H groups in total. The summed E-state index contributed by atoms with van der Waals surface area (Å²) in [7, 11) is 0. The number of hydrogen-bond acceptors (Lipinski definition) is 3. The van der Waals surface area contributed by atoms with Crippen LogP contribution in [0.5, 0.6) is 0 Å². The lowest BCUT2D eigenvalue weighted by atomic mass is 10.2. The summed E-state index contributed by atoms with van der Waals surface area (Å²) < 4.78 is 15.3. The van der Waals surface area contributed by atoms with Crippen molar-refractivity contribution in [3.05, 3.63) is 42.2 Å². The molecule has 2 rings (SSSR count). The molecule has 19 heavy (non-hydrogen) atoms. The summed E-state index contributed by atoms with van der Waals surface area (Å²) in [6, 6.07) is 4.07. The fourth-order valence-electron chi connectivity index (χ4n) is 1.71. The van der Waals surface area contributed by atoms with Crippen LogP contribution in [0.2, 0.25) is 0 Å². The number of halogens is 1. The molecule has 5 nitrogen and oxygen atoms in total. The average molecular weight is 262 g/mol. The van der Waals surface area contributed by atoms with E-state index >= 15 is 0 Å².